The Balaban J connectivity index is 1.49. The molecule has 0 fully saturated rings. The van der Waals surface area contributed by atoms with E-state index in [-0.39, 0.29) is 18.6 Å². The smallest absolute Gasteiger partial charge is 0.264 e. The SMILES string of the molecule is C[C@@H](CCc1ccc(Br)cc1)NC(=O)[C@H]1COc2ccccc2O1. The van der Waals surface area contributed by atoms with E-state index in [2.05, 4.69) is 33.4 Å². The van der Waals surface area contributed by atoms with Gasteiger partial charge < -0.3 is 14.8 Å². The normalized spacial score (nSPS) is 17.2. The molecule has 1 aliphatic heterocycles. The predicted octanol–water partition coefficient (Wildman–Crippen LogP) is 3.73. The first kappa shape index (κ1) is 16.8. The highest BCUT2D eigenvalue weighted by Crippen LogP contribution is 2.30. The molecule has 1 aliphatic rings. The zero-order chi connectivity index (χ0) is 16.9. The second-order valence-electron chi connectivity index (χ2n) is 5.94. The van der Waals surface area contributed by atoms with Gasteiger partial charge in [-0.15, -0.1) is 0 Å². The fraction of sp³-hybridized carbons (Fsp3) is 0.316. The van der Waals surface area contributed by atoms with Crippen LogP contribution in [0.15, 0.2) is 53.0 Å². The Hall–Kier alpha value is -2.01. The van der Waals surface area contributed by atoms with Crippen LogP contribution >= 0.6 is 15.9 Å². The summed E-state index contributed by atoms with van der Waals surface area (Å²) in [5, 5.41) is 3.01. The van der Waals surface area contributed by atoms with Crippen LogP contribution in [0.1, 0.15) is 18.9 Å². The molecule has 3 rings (SSSR count). The third kappa shape index (κ3) is 4.29. The van der Waals surface area contributed by atoms with E-state index in [1.165, 1.54) is 5.56 Å². The molecule has 4 nitrogen and oxygen atoms in total. The molecule has 0 radical (unpaired) electrons. The Bertz CT molecular complexity index is 702. The number of benzene rings is 2. The predicted molar refractivity (Wildman–Crippen MR) is 96.4 cm³/mol. The Labute approximate surface area is 150 Å². The summed E-state index contributed by atoms with van der Waals surface area (Å²) in [4.78, 5) is 12.4. The maximum absolute atomic E-state index is 12.4. The van der Waals surface area contributed by atoms with E-state index in [1.807, 2.05) is 43.3 Å². The van der Waals surface area contributed by atoms with Gasteiger partial charge in [-0.25, -0.2) is 0 Å². The quantitative estimate of drug-likeness (QED) is 0.847. The van der Waals surface area contributed by atoms with Gasteiger partial charge in [0, 0.05) is 10.5 Å². The lowest BCUT2D eigenvalue weighted by atomic mass is 10.1. The van der Waals surface area contributed by atoms with Crippen LogP contribution < -0.4 is 14.8 Å². The number of aryl methyl sites for hydroxylation is 1. The molecule has 2 atom stereocenters. The van der Waals surface area contributed by atoms with Crippen LogP contribution in [0.5, 0.6) is 11.5 Å². The van der Waals surface area contributed by atoms with Crippen LogP contribution in [0, 0.1) is 0 Å². The number of rotatable bonds is 5. The molecule has 0 spiro atoms. The standard InChI is InChI=1S/C19H20BrNO3/c1-13(6-7-14-8-10-15(20)11-9-14)21-19(22)18-12-23-16-4-2-3-5-17(16)24-18/h2-5,8-11,13,18H,6-7,12H2,1H3,(H,21,22)/t13-,18+/m0/s1. The van der Waals surface area contributed by atoms with Gasteiger partial charge in [0.1, 0.15) is 6.61 Å². The minimum absolute atomic E-state index is 0.0712. The number of ether oxygens (including phenoxy) is 2. The Morgan fingerprint density at radius 3 is 2.67 bits per heavy atom. The summed E-state index contributed by atoms with van der Waals surface area (Å²) in [7, 11) is 0. The highest BCUT2D eigenvalue weighted by Gasteiger charge is 2.27. The summed E-state index contributed by atoms with van der Waals surface area (Å²) in [5.74, 6) is 1.17. The topological polar surface area (TPSA) is 47.6 Å². The summed E-state index contributed by atoms with van der Waals surface area (Å²) < 4.78 is 12.4. The number of hydrogen-bond acceptors (Lipinski definition) is 3. The fourth-order valence-corrected chi connectivity index (χ4v) is 2.86. The molecular formula is C19H20BrNO3. The molecule has 5 heteroatoms. The summed E-state index contributed by atoms with van der Waals surface area (Å²) in [6.45, 7) is 2.25. The summed E-state index contributed by atoms with van der Waals surface area (Å²) >= 11 is 3.43. The van der Waals surface area contributed by atoms with E-state index in [4.69, 9.17) is 9.47 Å². The lowest BCUT2D eigenvalue weighted by Crippen LogP contribution is -2.47. The summed E-state index contributed by atoms with van der Waals surface area (Å²) in [6, 6.07) is 15.7. The molecule has 2 aromatic rings. The lowest BCUT2D eigenvalue weighted by Gasteiger charge is -2.26. The molecule has 24 heavy (non-hydrogen) atoms. The lowest BCUT2D eigenvalue weighted by molar-refractivity contribution is -0.131. The number of para-hydroxylation sites is 2. The first-order chi connectivity index (χ1) is 11.6. The van der Waals surface area contributed by atoms with Gasteiger partial charge in [0.15, 0.2) is 11.5 Å². The van der Waals surface area contributed by atoms with Crippen LogP contribution in [0.2, 0.25) is 0 Å². The van der Waals surface area contributed by atoms with E-state index in [0.29, 0.717) is 11.5 Å². The van der Waals surface area contributed by atoms with Crippen molar-refractivity contribution in [2.24, 2.45) is 0 Å². The van der Waals surface area contributed by atoms with Gasteiger partial charge in [0.2, 0.25) is 6.10 Å². The second kappa shape index (κ2) is 7.71. The Morgan fingerprint density at radius 2 is 1.92 bits per heavy atom. The minimum atomic E-state index is -0.602. The number of nitrogens with one attached hydrogen (secondary N) is 1. The van der Waals surface area contributed by atoms with Crippen molar-refractivity contribution < 1.29 is 14.3 Å². The maximum Gasteiger partial charge on any atom is 0.264 e. The molecule has 0 aliphatic carbocycles. The van der Waals surface area contributed by atoms with Gasteiger partial charge in [-0.05, 0) is 49.6 Å². The van der Waals surface area contributed by atoms with E-state index in [0.717, 1.165) is 17.3 Å². The zero-order valence-electron chi connectivity index (χ0n) is 13.5. The van der Waals surface area contributed by atoms with Crippen molar-refractivity contribution in [3.63, 3.8) is 0 Å². The van der Waals surface area contributed by atoms with Crippen LogP contribution in [0.3, 0.4) is 0 Å². The molecule has 126 valence electrons. The van der Waals surface area contributed by atoms with Crippen LogP contribution in [0.4, 0.5) is 0 Å². The van der Waals surface area contributed by atoms with E-state index in [9.17, 15) is 4.79 Å². The molecule has 1 N–H and O–H groups in total. The molecule has 0 aromatic heterocycles. The zero-order valence-corrected chi connectivity index (χ0v) is 15.1. The summed E-state index contributed by atoms with van der Waals surface area (Å²) in [5.41, 5.74) is 1.26. The van der Waals surface area contributed by atoms with Gasteiger partial charge in [-0.1, -0.05) is 40.2 Å². The minimum Gasteiger partial charge on any atom is -0.485 e. The number of fused-ring (bicyclic) bond motifs is 1. The number of carbonyl (C=O) groups excluding carboxylic acids is 1. The third-order valence-electron chi connectivity index (χ3n) is 3.97. The van der Waals surface area contributed by atoms with E-state index in [1.54, 1.807) is 0 Å². The van der Waals surface area contributed by atoms with Gasteiger partial charge in [-0.2, -0.15) is 0 Å². The molecule has 1 amide bonds. The van der Waals surface area contributed by atoms with Gasteiger partial charge in [0.05, 0.1) is 0 Å². The van der Waals surface area contributed by atoms with Crippen LogP contribution in [0.25, 0.3) is 0 Å². The van der Waals surface area contributed by atoms with Crippen molar-refractivity contribution >= 4 is 21.8 Å². The van der Waals surface area contributed by atoms with E-state index < -0.39 is 6.10 Å². The average molecular weight is 390 g/mol. The first-order valence-electron chi connectivity index (χ1n) is 8.05. The number of amides is 1. The van der Waals surface area contributed by atoms with Crippen molar-refractivity contribution in [1.82, 2.24) is 5.32 Å². The Morgan fingerprint density at radius 1 is 1.21 bits per heavy atom. The summed E-state index contributed by atoms with van der Waals surface area (Å²) in [6.07, 6.45) is 1.19. The molecule has 0 saturated heterocycles. The molecule has 0 bridgehead atoms. The van der Waals surface area contributed by atoms with Crippen molar-refractivity contribution in [3.8, 4) is 11.5 Å². The van der Waals surface area contributed by atoms with Crippen molar-refractivity contribution in [3.05, 3.63) is 58.6 Å². The number of hydrogen-bond donors (Lipinski definition) is 1. The van der Waals surface area contributed by atoms with Gasteiger partial charge >= 0.3 is 0 Å². The maximum atomic E-state index is 12.4. The monoisotopic (exact) mass is 389 g/mol. The molecule has 0 unspecified atom stereocenters. The first-order valence-corrected chi connectivity index (χ1v) is 8.84. The largest absolute Gasteiger partial charge is 0.485 e. The molecule has 2 aromatic carbocycles. The van der Waals surface area contributed by atoms with Crippen molar-refractivity contribution in [2.75, 3.05) is 6.61 Å². The third-order valence-corrected chi connectivity index (χ3v) is 4.50. The Kier molecular flexibility index (Phi) is 5.41. The van der Waals surface area contributed by atoms with Gasteiger partial charge in [0.25, 0.3) is 5.91 Å². The highest BCUT2D eigenvalue weighted by molar-refractivity contribution is 9.10. The highest BCUT2D eigenvalue weighted by atomic mass is 79.9. The second-order valence-corrected chi connectivity index (χ2v) is 6.85. The van der Waals surface area contributed by atoms with Crippen molar-refractivity contribution in [2.45, 2.75) is 31.9 Å². The van der Waals surface area contributed by atoms with Crippen molar-refractivity contribution in [1.29, 1.82) is 0 Å². The molecular weight excluding hydrogens is 370 g/mol. The molecule has 1 heterocycles. The van der Waals surface area contributed by atoms with E-state index >= 15 is 0 Å². The molecule has 0 saturated carbocycles. The fourth-order valence-electron chi connectivity index (χ4n) is 2.59. The van der Waals surface area contributed by atoms with Gasteiger partial charge in [-0.3, -0.25) is 4.79 Å². The number of halogens is 1. The number of carbonyl (C=O) groups is 1. The van der Waals surface area contributed by atoms with Crippen LogP contribution in [-0.2, 0) is 11.2 Å². The average Bonchev–Trinajstić information content (AvgIpc) is 2.61. The van der Waals surface area contributed by atoms with Crippen LogP contribution in [-0.4, -0.2) is 24.7 Å².